The number of aromatic nitrogens is 2. The standard InChI is InChI=1S/C16H19N3O3/c1-16(2,3)21-15(20)19-9-7-13(19)14-10-12(18-22-14)11-6-4-5-8-17-11/h4-6,8,10,13H,7,9H2,1-3H3. The molecule has 1 saturated heterocycles. The first-order valence-electron chi connectivity index (χ1n) is 7.32. The SMILES string of the molecule is CC(C)(C)OC(=O)N1CCC1c1cc(-c2ccccn2)no1. The molecular weight excluding hydrogens is 282 g/mol. The Bertz CT molecular complexity index is 661. The van der Waals surface area contributed by atoms with E-state index in [-0.39, 0.29) is 12.1 Å². The lowest BCUT2D eigenvalue weighted by Gasteiger charge is -2.39. The quantitative estimate of drug-likeness (QED) is 0.850. The van der Waals surface area contributed by atoms with E-state index in [2.05, 4.69) is 10.1 Å². The van der Waals surface area contributed by atoms with Gasteiger partial charge in [-0.3, -0.25) is 9.88 Å². The zero-order chi connectivity index (χ0) is 15.7. The van der Waals surface area contributed by atoms with E-state index in [0.717, 1.165) is 12.1 Å². The maximum absolute atomic E-state index is 12.1. The summed E-state index contributed by atoms with van der Waals surface area (Å²) in [7, 11) is 0. The molecule has 3 heterocycles. The van der Waals surface area contributed by atoms with Gasteiger partial charge in [0.2, 0.25) is 0 Å². The van der Waals surface area contributed by atoms with Gasteiger partial charge in [0, 0.05) is 18.8 Å². The van der Waals surface area contributed by atoms with Crippen molar-refractivity contribution in [3.05, 3.63) is 36.2 Å². The van der Waals surface area contributed by atoms with E-state index < -0.39 is 5.60 Å². The maximum Gasteiger partial charge on any atom is 0.410 e. The molecule has 0 N–H and O–H groups in total. The van der Waals surface area contributed by atoms with Gasteiger partial charge < -0.3 is 9.26 Å². The van der Waals surface area contributed by atoms with Crippen LogP contribution in [0.4, 0.5) is 4.79 Å². The summed E-state index contributed by atoms with van der Waals surface area (Å²) in [4.78, 5) is 18.0. The summed E-state index contributed by atoms with van der Waals surface area (Å²) in [6.07, 6.45) is 2.23. The Morgan fingerprint density at radius 3 is 2.77 bits per heavy atom. The molecule has 0 aromatic carbocycles. The lowest BCUT2D eigenvalue weighted by molar-refractivity contribution is -0.0108. The summed E-state index contributed by atoms with van der Waals surface area (Å²) >= 11 is 0. The molecule has 0 aliphatic carbocycles. The second kappa shape index (κ2) is 5.44. The zero-order valence-electron chi connectivity index (χ0n) is 12.9. The van der Waals surface area contributed by atoms with Gasteiger partial charge >= 0.3 is 6.09 Å². The number of carbonyl (C=O) groups is 1. The van der Waals surface area contributed by atoms with Crippen LogP contribution in [0.3, 0.4) is 0 Å². The molecule has 1 atom stereocenters. The summed E-state index contributed by atoms with van der Waals surface area (Å²) in [5, 5.41) is 4.04. The highest BCUT2D eigenvalue weighted by molar-refractivity contribution is 5.70. The second-order valence-corrected chi connectivity index (χ2v) is 6.31. The summed E-state index contributed by atoms with van der Waals surface area (Å²) in [5.74, 6) is 0.665. The number of pyridine rings is 1. The van der Waals surface area contributed by atoms with Crippen molar-refractivity contribution in [3.8, 4) is 11.4 Å². The average Bonchev–Trinajstić information content (AvgIpc) is 2.85. The van der Waals surface area contributed by atoms with E-state index in [1.165, 1.54) is 0 Å². The third-order valence-electron chi connectivity index (χ3n) is 3.43. The van der Waals surface area contributed by atoms with Gasteiger partial charge in [-0.05, 0) is 39.3 Å². The first-order chi connectivity index (χ1) is 10.4. The number of nitrogens with zero attached hydrogens (tertiary/aromatic N) is 3. The molecular formula is C16H19N3O3. The number of amides is 1. The number of hydrogen-bond donors (Lipinski definition) is 0. The Hall–Kier alpha value is -2.37. The van der Waals surface area contributed by atoms with E-state index in [1.54, 1.807) is 11.1 Å². The molecule has 2 aromatic heterocycles. The van der Waals surface area contributed by atoms with Gasteiger partial charge in [-0.25, -0.2) is 4.79 Å². The van der Waals surface area contributed by atoms with Crippen LogP contribution in [0.1, 0.15) is 39.0 Å². The predicted molar refractivity (Wildman–Crippen MR) is 80.0 cm³/mol. The van der Waals surface area contributed by atoms with Crippen molar-refractivity contribution >= 4 is 6.09 Å². The van der Waals surface area contributed by atoms with Crippen LogP contribution in [0.25, 0.3) is 11.4 Å². The number of ether oxygens (including phenoxy) is 1. The normalized spacial score (nSPS) is 18.0. The highest BCUT2D eigenvalue weighted by atomic mass is 16.6. The van der Waals surface area contributed by atoms with Gasteiger partial charge in [-0.15, -0.1) is 0 Å². The van der Waals surface area contributed by atoms with Crippen LogP contribution >= 0.6 is 0 Å². The summed E-state index contributed by atoms with van der Waals surface area (Å²) in [6.45, 7) is 6.23. The van der Waals surface area contributed by atoms with Crippen LogP contribution in [0.2, 0.25) is 0 Å². The molecule has 116 valence electrons. The summed E-state index contributed by atoms with van der Waals surface area (Å²) in [6, 6.07) is 7.34. The molecule has 1 fully saturated rings. The topological polar surface area (TPSA) is 68.5 Å². The van der Waals surface area contributed by atoms with E-state index in [4.69, 9.17) is 9.26 Å². The minimum absolute atomic E-state index is 0.111. The van der Waals surface area contributed by atoms with Gasteiger partial charge in [0.1, 0.15) is 11.3 Å². The van der Waals surface area contributed by atoms with Gasteiger partial charge in [0.25, 0.3) is 0 Å². The van der Waals surface area contributed by atoms with Crippen LogP contribution in [0, 0.1) is 0 Å². The first kappa shape index (κ1) is 14.6. The van der Waals surface area contributed by atoms with Gasteiger partial charge in [-0.2, -0.15) is 0 Å². The van der Waals surface area contributed by atoms with Crippen molar-refractivity contribution in [2.45, 2.75) is 38.8 Å². The highest BCUT2D eigenvalue weighted by Crippen LogP contribution is 2.35. The highest BCUT2D eigenvalue weighted by Gasteiger charge is 2.38. The fraction of sp³-hybridized carbons (Fsp3) is 0.438. The molecule has 6 heteroatoms. The van der Waals surface area contributed by atoms with Crippen LogP contribution in [0.15, 0.2) is 35.0 Å². The van der Waals surface area contributed by atoms with Crippen LogP contribution in [-0.4, -0.2) is 33.3 Å². The van der Waals surface area contributed by atoms with Crippen LogP contribution in [0.5, 0.6) is 0 Å². The van der Waals surface area contributed by atoms with Crippen molar-refractivity contribution in [1.82, 2.24) is 15.0 Å². The second-order valence-electron chi connectivity index (χ2n) is 6.31. The van der Waals surface area contributed by atoms with E-state index >= 15 is 0 Å². The zero-order valence-corrected chi connectivity index (χ0v) is 12.9. The van der Waals surface area contributed by atoms with E-state index in [1.807, 2.05) is 45.0 Å². The third kappa shape index (κ3) is 2.95. The fourth-order valence-corrected chi connectivity index (χ4v) is 2.30. The fourth-order valence-electron chi connectivity index (χ4n) is 2.30. The van der Waals surface area contributed by atoms with Gasteiger partial charge in [0.05, 0.1) is 11.7 Å². The molecule has 22 heavy (non-hydrogen) atoms. The minimum Gasteiger partial charge on any atom is -0.444 e. The monoisotopic (exact) mass is 301 g/mol. The Kier molecular flexibility index (Phi) is 3.60. The van der Waals surface area contributed by atoms with Gasteiger partial charge in [0.15, 0.2) is 5.76 Å². The summed E-state index contributed by atoms with van der Waals surface area (Å²) in [5.41, 5.74) is 0.921. The lowest BCUT2D eigenvalue weighted by atomic mass is 10.0. The van der Waals surface area contributed by atoms with Crippen molar-refractivity contribution in [3.63, 3.8) is 0 Å². The maximum atomic E-state index is 12.1. The average molecular weight is 301 g/mol. The molecule has 6 nitrogen and oxygen atoms in total. The lowest BCUT2D eigenvalue weighted by Crippen LogP contribution is -2.47. The van der Waals surface area contributed by atoms with Crippen LogP contribution < -0.4 is 0 Å². The van der Waals surface area contributed by atoms with Gasteiger partial charge in [-0.1, -0.05) is 11.2 Å². The molecule has 1 aliphatic rings. The van der Waals surface area contributed by atoms with Crippen molar-refractivity contribution in [2.24, 2.45) is 0 Å². The largest absolute Gasteiger partial charge is 0.444 e. The molecule has 1 aliphatic heterocycles. The Labute approximate surface area is 129 Å². The molecule has 0 bridgehead atoms. The van der Waals surface area contributed by atoms with Crippen molar-refractivity contribution < 1.29 is 14.1 Å². The minimum atomic E-state index is -0.502. The molecule has 0 radical (unpaired) electrons. The summed E-state index contributed by atoms with van der Waals surface area (Å²) < 4.78 is 10.8. The molecule has 1 unspecified atom stereocenters. The predicted octanol–water partition coefficient (Wildman–Crippen LogP) is 3.42. The van der Waals surface area contributed by atoms with Crippen molar-refractivity contribution in [1.29, 1.82) is 0 Å². The van der Waals surface area contributed by atoms with E-state index in [0.29, 0.717) is 18.0 Å². The van der Waals surface area contributed by atoms with Crippen molar-refractivity contribution in [2.75, 3.05) is 6.54 Å². The molecule has 3 rings (SSSR count). The molecule has 0 saturated carbocycles. The first-order valence-corrected chi connectivity index (χ1v) is 7.32. The number of likely N-dealkylation sites (tertiary alicyclic amines) is 1. The third-order valence-corrected chi connectivity index (χ3v) is 3.43. The molecule has 2 aromatic rings. The Morgan fingerprint density at radius 2 is 2.18 bits per heavy atom. The van der Waals surface area contributed by atoms with Crippen LogP contribution in [-0.2, 0) is 4.74 Å². The van der Waals surface area contributed by atoms with E-state index in [9.17, 15) is 4.79 Å². The number of hydrogen-bond acceptors (Lipinski definition) is 5. The smallest absolute Gasteiger partial charge is 0.410 e. The molecule has 1 amide bonds. The Morgan fingerprint density at radius 1 is 1.36 bits per heavy atom. The number of rotatable bonds is 2. The Balaban J connectivity index is 1.73. The number of carbonyl (C=O) groups excluding carboxylic acids is 1. The molecule has 0 spiro atoms.